The molecule has 0 bridgehead atoms. The predicted octanol–water partition coefficient (Wildman–Crippen LogP) is 1.72. The molecular formula is C12H18BrN5. The summed E-state index contributed by atoms with van der Waals surface area (Å²) < 4.78 is 4.79. The lowest BCUT2D eigenvalue weighted by Crippen LogP contribution is -2.18. The number of nitrogens with two attached hydrogens (primary N) is 1. The van der Waals surface area contributed by atoms with Crippen LogP contribution >= 0.6 is 15.9 Å². The second-order valence-electron chi connectivity index (χ2n) is 4.37. The molecule has 0 aliphatic rings. The van der Waals surface area contributed by atoms with E-state index in [1.807, 2.05) is 29.5 Å². The highest BCUT2D eigenvalue weighted by Gasteiger charge is 2.18. The Morgan fingerprint density at radius 3 is 2.61 bits per heavy atom. The molecule has 0 saturated carbocycles. The average Bonchev–Trinajstić information content (AvgIpc) is 2.87. The van der Waals surface area contributed by atoms with Gasteiger partial charge in [0.2, 0.25) is 0 Å². The van der Waals surface area contributed by atoms with Gasteiger partial charge in [-0.05, 0) is 28.4 Å². The highest BCUT2D eigenvalue weighted by Crippen LogP contribution is 2.25. The van der Waals surface area contributed by atoms with Gasteiger partial charge < -0.3 is 5.73 Å². The van der Waals surface area contributed by atoms with Crippen LogP contribution in [-0.4, -0.2) is 19.6 Å². The van der Waals surface area contributed by atoms with Gasteiger partial charge in [-0.3, -0.25) is 9.36 Å². The first-order valence-corrected chi connectivity index (χ1v) is 6.77. The molecule has 0 aromatic carbocycles. The Kier molecular flexibility index (Phi) is 3.87. The highest BCUT2D eigenvalue weighted by molar-refractivity contribution is 9.10. The second-order valence-corrected chi connectivity index (χ2v) is 5.17. The Bertz CT molecular complexity index is 543. The fraction of sp³-hybridized carbons (Fsp3) is 0.500. The van der Waals surface area contributed by atoms with Gasteiger partial charge in [-0.1, -0.05) is 6.92 Å². The highest BCUT2D eigenvalue weighted by atomic mass is 79.9. The summed E-state index contributed by atoms with van der Waals surface area (Å²) in [5, 5.41) is 8.63. The summed E-state index contributed by atoms with van der Waals surface area (Å²) in [6.45, 7) is 2.10. The van der Waals surface area contributed by atoms with Crippen molar-refractivity contribution < 1.29 is 0 Å². The van der Waals surface area contributed by atoms with Crippen LogP contribution in [0, 0.1) is 0 Å². The summed E-state index contributed by atoms with van der Waals surface area (Å²) in [6, 6.07) is 1.88. The first-order chi connectivity index (χ1) is 8.54. The Balaban J connectivity index is 2.24. The van der Waals surface area contributed by atoms with Crippen molar-refractivity contribution in [2.24, 2.45) is 19.8 Å². The van der Waals surface area contributed by atoms with Crippen LogP contribution in [0.5, 0.6) is 0 Å². The maximum absolute atomic E-state index is 6.24. The van der Waals surface area contributed by atoms with Crippen molar-refractivity contribution in [1.29, 1.82) is 0 Å². The normalized spacial score (nSPS) is 12.9. The lowest BCUT2D eigenvalue weighted by molar-refractivity contribution is 0.587. The minimum absolute atomic E-state index is 0.0751. The third-order valence-corrected chi connectivity index (χ3v) is 4.07. The largest absolute Gasteiger partial charge is 0.322 e. The van der Waals surface area contributed by atoms with Crippen molar-refractivity contribution in [3.63, 3.8) is 0 Å². The van der Waals surface area contributed by atoms with E-state index in [4.69, 9.17) is 5.73 Å². The van der Waals surface area contributed by atoms with E-state index in [0.29, 0.717) is 0 Å². The Morgan fingerprint density at radius 2 is 2.11 bits per heavy atom. The van der Waals surface area contributed by atoms with Gasteiger partial charge in [0, 0.05) is 26.7 Å². The molecule has 1 atom stereocenters. The summed E-state index contributed by atoms with van der Waals surface area (Å²) in [5.74, 6) is 0. The number of hydrogen-bond acceptors (Lipinski definition) is 3. The molecular weight excluding hydrogens is 294 g/mol. The van der Waals surface area contributed by atoms with Crippen LogP contribution in [0.4, 0.5) is 0 Å². The van der Waals surface area contributed by atoms with E-state index in [1.54, 1.807) is 6.20 Å². The van der Waals surface area contributed by atoms with Gasteiger partial charge in [-0.2, -0.15) is 10.2 Å². The van der Waals surface area contributed by atoms with Gasteiger partial charge in [0.1, 0.15) is 0 Å². The monoisotopic (exact) mass is 311 g/mol. The molecule has 2 heterocycles. The minimum Gasteiger partial charge on any atom is -0.322 e. The quantitative estimate of drug-likeness (QED) is 0.935. The smallest absolute Gasteiger partial charge is 0.0766 e. The van der Waals surface area contributed by atoms with E-state index in [9.17, 15) is 0 Å². The van der Waals surface area contributed by atoms with Crippen LogP contribution in [0.3, 0.4) is 0 Å². The molecule has 0 aliphatic carbocycles. The maximum atomic E-state index is 6.24. The fourth-order valence-electron chi connectivity index (χ4n) is 2.10. The zero-order chi connectivity index (χ0) is 13.3. The molecule has 0 amide bonds. The third kappa shape index (κ3) is 2.35. The topological polar surface area (TPSA) is 61.7 Å². The predicted molar refractivity (Wildman–Crippen MR) is 74.1 cm³/mol. The van der Waals surface area contributed by atoms with Gasteiger partial charge in [-0.25, -0.2) is 0 Å². The van der Waals surface area contributed by atoms with Gasteiger partial charge in [-0.15, -0.1) is 0 Å². The second kappa shape index (κ2) is 5.24. The first-order valence-electron chi connectivity index (χ1n) is 5.98. The van der Waals surface area contributed by atoms with E-state index in [-0.39, 0.29) is 6.04 Å². The lowest BCUT2D eigenvalue weighted by atomic mass is 10.1. The molecule has 98 valence electrons. The molecule has 0 fully saturated rings. The number of aromatic nitrogens is 4. The van der Waals surface area contributed by atoms with E-state index < -0.39 is 0 Å². The maximum Gasteiger partial charge on any atom is 0.0766 e. The molecule has 6 heteroatoms. The van der Waals surface area contributed by atoms with Gasteiger partial charge >= 0.3 is 0 Å². The van der Waals surface area contributed by atoms with E-state index in [0.717, 1.165) is 34.4 Å². The molecule has 0 aliphatic heterocycles. The molecule has 0 radical (unpaired) electrons. The average molecular weight is 312 g/mol. The van der Waals surface area contributed by atoms with Crippen molar-refractivity contribution in [3.05, 3.63) is 33.8 Å². The number of rotatable bonds is 4. The number of hydrogen-bond donors (Lipinski definition) is 1. The first kappa shape index (κ1) is 13.3. The van der Waals surface area contributed by atoms with E-state index in [2.05, 4.69) is 33.1 Å². The van der Waals surface area contributed by atoms with Crippen molar-refractivity contribution in [3.8, 4) is 0 Å². The standard InChI is InChI=1S/C12H18BrN5/c1-4-9-12(13)11(18(3)16-9)7-8(14)10-5-6-15-17(10)2/h5-6,8H,4,7,14H2,1-3H3. The molecule has 2 rings (SSSR count). The van der Waals surface area contributed by atoms with Gasteiger partial charge in [0.15, 0.2) is 0 Å². The van der Waals surface area contributed by atoms with Crippen molar-refractivity contribution >= 4 is 15.9 Å². The van der Waals surface area contributed by atoms with E-state index in [1.165, 1.54) is 0 Å². The number of halogens is 1. The van der Waals surface area contributed by atoms with Crippen LogP contribution in [0.1, 0.15) is 30.0 Å². The Morgan fingerprint density at radius 1 is 1.39 bits per heavy atom. The molecule has 2 aromatic rings. The summed E-state index contributed by atoms with van der Waals surface area (Å²) in [4.78, 5) is 0. The minimum atomic E-state index is -0.0751. The van der Waals surface area contributed by atoms with Crippen molar-refractivity contribution in [2.75, 3.05) is 0 Å². The van der Waals surface area contributed by atoms with Gasteiger partial charge in [0.25, 0.3) is 0 Å². The van der Waals surface area contributed by atoms with Crippen LogP contribution < -0.4 is 5.73 Å². The van der Waals surface area contributed by atoms with Crippen LogP contribution in [0.25, 0.3) is 0 Å². The summed E-state index contributed by atoms with van der Waals surface area (Å²) >= 11 is 3.61. The van der Waals surface area contributed by atoms with Crippen molar-refractivity contribution in [2.45, 2.75) is 25.8 Å². The third-order valence-electron chi connectivity index (χ3n) is 3.15. The molecule has 1 unspecified atom stereocenters. The molecule has 0 spiro atoms. The summed E-state index contributed by atoms with van der Waals surface area (Å²) in [6.07, 6.45) is 3.42. The van der Waals surface area contributed by atoms with Crippen LogP contribution in [0.15, 0.2) is 16.7 Å². The molecule has 5 nitrogen and oxygen atoms in total. The molecule has 18 heavy (non-hydrogen) atoms. The summed E-state index contributed by atoms with van der Waals surface area (Å²) in [5.41, 5.74) is 9.47. The Labute approximate surface area is 115 Å². The fourth-order valence-corrected chi connectivity index (χ4v) is 2.88. The van der Waals surface area contributed by atoms with Crippen molar-refractivity contribution in [1.82, 2.24) is 19.6 Å². The van der Waals surface area contributed by atoms with Crippen LogP contribution in [0.2, 0.25) is 0 Å². The molecule has 2 N–H and O–H groups in total. The molecule has 0 saturated heterocycles. The van der Waals surface area contributed by atoms with Crippen LogP contribution in [-0.2, 0) is 26.9 Å². The summed E-state index contributed by atoms with van der Waals surface area (Å²) in [7, 11) is 3.86. The SMILES string of the molecule is CCc1nn(C)c(CC(N)c2ccnn2C)c1Br. The zero-order valence-corrected chi connectivity index (χ0v) is 12.5. The Hall–Kier alpha value is -1.14. The molecule has 2 aromatic heterocycles. The van der Waals surface area contributed by atoms with E-state index >= 15 is 0 Å². The zero-order valence-electron chi connectivity index (χ0n) is 10.9. The van der Waals surface area contributed by atoms with Gasteiger partial charge in [0.05, 0.1) is 27.6 Å². The number of aryl methyl sites for hydroxylation is 3. The number of nitrogens with zero attached hydrogens (tertiary/aromatic N) is 4. The lowest BCUT2D eigenvalue weighted by Gasteiger charge is -2.12.